The third-order valence-corrected chi connectivity index (χ3v) is 2.82. The Morgan fingerprint density at radius 3 is 2.45 bits per heavy atom. The van der Waals surface area contributed by atoms with Crippen molar-refractivity contribution in [2.45, 2.75) is 53.2 Å². The van der Waals surface area contributed by atoms with E-state index in [1.165, 1.54) is 12.3 Å². The van der Waals surface area contributed by atoms with E-state index in [1.54, 1.807) is 27.7 Å². The summed E-state index contributed by atoms with van der Waals surface area (Å²) in [4.78, 5) is 26.9. The molecular weight excluding hydrogens is 286 g/mol. The van der Waals surface area contributed by atoms with Gasteiger partial charge in [0.1, 0.15) is 11.6 Å². The van der Waals surface area contributed by atoms with E-state index in [4.69, 9.17) is 4.74 Å². The van der Waals surface area contributed by atoms with Crippen LogP contribution in [0.25, 0.3) is 0 Å². The van der Waals surface area contributed by atoms with Crippen LogP contribution in [0.2, 0.25) is 0 Å². The number of hydrogen-bond donors (Lipinski definition) is 1. The molecule has 122 valence electrons. The number of ether oxygens (including phenoxy) is 1. The normalized spacial score (nSPS) is 12.9. The maximum atomic E-state index is 12.3. The number of nitrogens with zero attached hydrogens (tertiary/aromatic N) is 2. The van der Waals surface area contributed by atoms with Gasteiger partial charge in [-0.25, -0.2) is 9.78 Å². The van der Waals surface area contributed by atoms with Gasteiger partial charge in [-0.15, -0.1) is 0 Å². The SMILES string of the molecule is Cc1cnc(N[C@H](C(=O)OC(C)(C)C)C(C)C)c([N+](=O)[O-])c1. The molecule has 0 radical (unpaired) electrons. The molecule has 0 saturated heterocycles. The van der Waals surface area contributed by atoms with Gasteiger partial charge in [0.25, 0.3) is 0 Å². The van der Waals surface area contributed by atoms with Crippen LogP contribution >= 0.6 is 0 Å². The van der Waals surface area contributed by atoms with Crippen molar-refractivity contribution in [1.82, 2.24) is 4.98 Å². The minimum absolute atomic E-state index is 0.0696. The molecule has 0 aromatic carbocycles. The Bertz CT molecular complexity index is 564. The summed E-state index contributed by atoms with van der Waals surface area (Å²) in [6.45, 7) is 10.7. The van der Waals surface area contributed by atoms with Gasteiger partial charge in [0.2, 0.25) is 5.82 Å². The van der Waals surface area contributed by atoms with E-state index >= 15 is 0 Å². The first kappa shape index (κ1) is 17.9. The predicted molar refractivity (Wildman–Crippen MR) is 83.7 cm³/mol. The van der Waals surface area contributed by atoms with Crippen molar-refractivity contribution in [3.63, 3.8) is 0 Å². The van der Waals surface area contributed by atoms with Crippen LogP contribution in [0.15, 0.2) is 12.3 Å². The molecule has 1 rings (SSSR count). The molecule has 0 spiro atoms. The summed E-state index contributed by atoms with van der Waals surface area (Å²) in [5.74, 6) is -0.503. The van der Waals surface area contributed by atoms with Gasteiger partial charge in [-0.1, -0.05) is 13.8 Å². The Morgan fingerprint density at radius 1 is 1.41 bits per heavy atom. The molecule has 0 aliphatic heterocycles. The Balaban J connectivity index is 3.07. The maximum absolute atomic E-state index is 12.3. The molecule has 0 aliphatic carbocycles. The van der Waals surface area contributed by atoms with Crippen LogP contribution in [-0.2, 0) is 9.53 Å². The lowest BCUT2D eigenvalue weighted by Crippen LogP contribution is -2.40. The molecule has 0 amide bonds. The van der Waals surface area contributed by atoms with E-state index in [0.717, 1.165) is 0 Å². The van der Waals surface area contributed by atoms with Crippen LogP contribution < -0.4 is 5.32 Å². The third-order valence-electron chi connectivity index (χ3n) is 2.82. The molecule has 1 aromatic heterocycles. The van der Waals surface area contributed by atoms with Crippen LogP contribution in [0, 0.1) is 23.0 Å². The summed E-state index contributed by atoms with van der Waals surface area (Å²) >= 11 is 0. The number of rotatable bonds is 5. The summed E-state index contributed by atoms with van der Waals surface area (Å²) in [7, 11) is 0. The quantitative estimate of drug-likeness (QED) is 0.510. The molecule has 1 heterocycles. The molecule has 1 aromatic rings. The molecule has 7 heteroatoms. The van der Waals surface area contributed by atoms with Gasteiger partial charge in [0.05, 0.1) is 4.92 Å². The lowest BCUT2D eigenvalue weighted by molar-refractivity contribution is -0.384. The fourth-order valence-corrected chi connectivity index (χ4v) is 1.81. The molecule has 0 fully saturated rings. The van der Waals surface area contributed by atoms with E-state index in [2.05, 4.69) is 10.3 Å². The highest BCUT2D eigenvalue weighted by Gasteiger charge is 2.30. The van der Waals surface area contributed by atoms with Gasteiger partial charge in [0, 0.05) is 12.3 Å². The number of esters is 1. The molecule has 0 saturated carbocycles. The van der Waals surface area contributed by atoms with Gasteiger partial charge < -0.3 is 10.1 Å². The second kappa shape index (κ2) is 6.72. The van der Waals surface area contributed by atoms with Gasteiger partial charge >= 0.3 is 11.7 Å². The highest BCUT2D eigenvalue weighted by Crippen LogP contribution is 2.25. The summed E-state index contributed by atoms with van der Waals surface area (Å²) < 4.78 is 5.36. The van der Waals surface area contributed by atoms with Crippen LogP contribution in [0.4, 0.5) is 11.5 Å². The zero-order valence-corrected chi connectivity index (χ0v) is 13.8. The van der Waals surface area contributed by atoms with Gasteiger partial charge in [-0.3, -0.25) is 10.1 Å². The number of nitrogens with one attached hydrogen (secondary N) is 1. The highest BCUT2D eigenvalue weighted by atomic mass is 16.6. The molecule has 0 aliphatic rings. The van der Waals surface area contributed by atoms with Crippen molar-refractivity contribution in [3.8, 4) is 0 Å². The number of carbonyl (C=O) groups excluding carboxylic acids is 1. The highest BCUT2D eigenvalue weighted by molar-refractivity contribution is 5.80. The Labute approximate surface area is 130 Å². The largest absolute Gasteiger partial charge is 0.458 e. The van der Waals surface area contributed by atoms with Gasteiger partial charge in [0.15, 0.2) is 0 Å². The number of aryl methyl sites for hydroxylation is 1. The fraction of sp³-hybridized carbons (Fsp3) is 0.600. The van der Waals surface area contributed by atoms with Gasteiger partial charge in [-0.2, -0.15) is 0 Å². The van der Waals surface area contributed by atoms with Crippen molar-refractivity contribution in [3.05, 3.63) is 27.9 Å². The Morgan fingerprint density at radius 2 is 2.00 bits per heavy atom. The second-order valence-electron chi connectivity index (χ2n) is 6.54. The Kier molecular flexibility index (Phi) is 5.46. The molecule has 0 bridgehead atoms. The van der Waals surface area contributed by atoms with E-state index in [-0.39, 0.29) is 17.4 Å². The average Bonchev–Trinajstić information content (AvgIpc) is 2.34. The van der Waals surface area contributed by atoms with E-state index in [0.29, 0.717) is 5.56 Å². The molecule has 0 unspecified atom stereocenters. The minimum atomic E-state index is -0.715. The zero-order chi connectivity index (χ0) is 17.1. The first-order chi connectivity index (χ1) is 10.0. The topological polar surface area (TPSA) is 94.4 Å². The Hall–Kier alpha value is -2.18. The first-order valence-electron chi connectivity index (χ1n) is 7.11. The summed E-state index contributed by atoms with van der Waals surface area (Å²) in [5.41, 5.74) is -0.108. The monoisotopic (exact) mass is 309 g/mol. The summed E-state index contributed by atoms with van der Waals surface area (Å²) in [5, 5.41) is 14.0. The van der Waals surface area contributed by atoms with Crippen molar-refractivity contribution in [2.75, 3.05) is 5.32 Å². The van der Waals surface area contributed by atoms with Crippen molar-refractivity contribution >= 4 is 17.5 Å². The van der Waals surface area contributed by atoms with Crippen molar-refractivity contribution < 1.29 is 14.5 Å². The van der Waals surface area contributed by atoms with E-state index in [9.17, 15) is 14.9 Å². The van der Waals surface area contributed by atoms with Crippen molar-refractivity contribution in [1.29, 1.82) is 0 Å². The molecule has 1 atom stereocenters. The second-order valence-corrected chi connectivity index (χ2v) is 6.54. The van der Waals surface area contributed by atoms with Gasteiger partial charge in [-0.05, 0) is 39.2 Å². The fourth-order valence-electron chi connectivity index (χ4n) is 1.81. The number of pyridine rings is 1. The molecule has 22 heavy (non-hydrogen) atoms. The molecule has 7 nitrogen and oxygen atoms in total. The maximum Gasteiger partial charge on any atom is 0.329 e. The third kappa shape index (κ3) is 4.98. The van der Waals surface area contributed by atoms with Crippen LogP contribution in [0.5, 0.6) is 0 Å². The lowest BCUT2D eigenvalue weighted by atomic mass is 10.0. The van der Waals surface area contributed by atoms with Crippen LogP contribution in [0.1, 0.15) is 40.2 Å². The number of nitro groups is 1. The van der Waals surface area contributed by atoms with Crippen LogP contribution in [0.3, 0.4) is 0 Å². The minimum Gasteiger partial charge on any atom is -0.458 e. The molecule has 1 N–H and O–H groups in total. The molecular formula is C15H23N3O4. The van der Waals surface area contributed by atoms with E-state index < -0.39 is 22.5 Å². The summed E-state index contributed by atoms with van der Waals surface area (Å²) in [6, 6.07) is 0.704. The lowest BCUT2D eigenvalue weighted by Gasteiger charge is -2.26. The standard InChI is InChI=1S/C15H23N3O4/c1-9(2)12(14(19)22-15(4,5)6)17-13-11(18(20)21)7-10(3)8-16-13/h7-9,12H,1-6H3,(H,16,17)/t12-/m0/s1. The number of carbonyl (C=O) groups is 1. The van der Waals surface area contributed by atoms with Crippen molar-refractivity contribution in [2.24, 2.45) is 5.92 Å². The zero-order valence-electron chi connectivity index (χ0n) is 13.8. The summed E-state index contributed by atoms with van der Waals surface area (Å²) in [6.07, 6.45) is 1.52. The van der Waals surface area contributed by atoms with E-state index in [1.807, 2.05) is 13.8 Å². The smallest absolute Gasteiger partial charge is 0.329 e. The predicted octanol–water partition coefficient (Wildman–Crippen LogP) is 3.08. The average molecular weight is 309 g/mol. The van der Waals surface area contributed by atoms with Crippen LogP contribution in [-0.4, -0.2) is 27.5 Å². The first-order valence-corrected chi connectivity index (χ1v) is 7.11. The number of aromatic nitrogens is 1. The number of hydrogen-bond acceptors (Lipinski definition) is 6. The number of anilines is 1.